The van der Waals surface area contributed by atoms with Crippen molar-refractivity contribution in [3.8, 4) is 6.07 Å². The second-order valence-corrected chi connectivity index (χ2v) is 3.40. The monoisotopic (exact) mass is 234 g/mol. The topological polar surface area (TPSA) is 103 Å². The minimum Gasteiger partial charge on any atom is -0.477 e. The van der Waals surface area contributed by atoms with Gasteiger partial charge in [0.25, 0.3) is 0 Å². The highest BCUT2D eigenvalue weighted by Gasteiger charge is 2.13. The van der Waals surface area contributed by atoms with Crippen molar-refractivity contribution in [3.05, 3.63) is 17.8 Å². The number of hydrogen-bond donors (Lipinski definition) is 2. The second kappa shape index (κ2) is 5.70. The van der Waals surface area contributed by atoms with E-state index in [-0.39, 0.29) is 5.69 Å². The molecule has 0 aliphatic carbocycles. The van der Waals surface area contributed by atoms with Crippen molar-refractivity contribution in [1.29, 1.82) is 5.26 Å². The molecule has 0 aromatic carbocycles. The van der Waals surface area contributed by atoms with E-state index in [1.54, 1.807) is 4.90 Å². The standard InChI is InChI=1S/C11H14N4O2/c1-2-15(7-3-6-12)10-8(13)4-5-9(14-10)11(16)17/h4-5H,2-3,7,13H2,1H3,(H,16,17). The van der Waals surface area contributed by atoms with Crippen LogP contribution in [0.25, 0.3) is 0 Å². The number of rotatable bonds is 5. The van der Waals surface area contributed by atoms with Gasteiger partial charge in [0, 0.05) is 13.1 Å². The Morgan fingerprint density at radius 2 is 2.35 bits per heavy atom. The second-order valence-electron chi connectivity index (χ2n) is 3.40. The van der Waals surface area contributed by atoms with Crippen LogP contribution in [0.15, 0.2) is 12.1 Å². The minimum absolute atomic E-state index is 0.0513. The molecule has 90 valence electrons. The van der Waals surface area contributed by atoms with E-state index in [0.717, 1.165) is 0 Å². The van der Waals surface area contributed by atoms with Crippen LogP contribution in [0.3, 0.4) is 0 Å². The van der Waals surface area contributed by atoms with Gasteiger partial charge in [0.2, 0.25) is 0 Å². The third-order valence-electron chi connectivity index (χ3n) is 2.30. The molecule has 6 nitrogen and oxygen atoms in total. The molecule has 0 bridgehead atoms. The van der Waals surface area contributed by atoms with Crippen LogP contribution in [0.1, 0.15) is 23.8 Å². The molecule has 17 heavy (non-hydrogen) atoms. The van der Waals surface area contributed by atoms with Crippen molar-refractivity contribution in [2.45, 2.75) is 13.3 Å². The van der Waals surface area contributed by atoms with Crippen LogP contribution in [0.4, 0.5) is 11.5 Å². The van der Waals surface area contributed by atoms with Crippen molar-refractivity contribution < 1.29 is 9.90 Å². The van der Waals surface area contributed by atoms with Crippen molar-refractivity contribution in [2.24, 2.45) is 0 Å². The molecule has 0 saturated heterocycles. The Balaban J connectivity index is 3.05. The number of nitrogens with zero attached hydrogens (tertiary/aromatic N) is 3. The predicted octanol–water partition coefficient (Wildman–Crippen LogP) is 1.10. The zero-order valence-electron chi connectivity index (χ0n) is 9.55. The van der Waals surface area contributed by atoms with E-state index in [1.807, 2.05) is 13.0 Å². The van der Waals surface area contributed by atoms with Crippen LogP contribution in [0.5, 0.6) is 0 Å². The van der Waals surface area contributed by atoms with Gasteiger partial charge in [-0.05, 0) is 19.1 Å². The van der Waals surface area contributed by atoms with Gasteiger partial charge in [-0.25, -0.2) is 9.78 Å². The van der Waals surface area contributed by atoms with Crippen molar-refractivity contribution >= 4 is 17.5 Å². The maximum Gasteiger partial charge on any atom is 0.354 e. The van der Waals surface area contributed by atoms with Gasteiger partial charge in [0.05, 0.1) is 18.2 Å². The molecule has 1 heterocycles. The summed E-state index contributed by atoms with van der Waals surface area (Å²) in [7, 11) is 0. The smallest absolute Gasteiger partial charge is 0.354 e. The maximum atomic E-state index is 10.8. The largest absolute Gasteiger partial charge is 0.477 e. The number of carboxylic acids is 1. The van der Waals surface area contributed by atoms with E-state index >= 15 is 0 Å². The van der Waals surface area contributed by atoms with Gasteiger partial charge >= 0.3 is 5.97 Å². The Morgan fingerprint density at radius 3 is 2.88 bits per heavy atom. The summed E-state index contributed by atoms with van der Waals surface area (Å²) in [6.07, 6.45) is 0.340. The average Bonchev–Trinajstić information content (AvgIpc) is 2.31. The fourth-order valence-electron chi connectivity index (χ4n) is 1.43. The Bertz CT molecular complexity index is 453. The number of aromatic carboxylic acids is 1. The van der Waals surface area contributed by atoms with Crippen LogP contribution >= 0.6 is 0 Å². The molecule has 0 radical (unpaired) electrons. The molecule has 3 N–H and O–H groups in total. The molecule has 1 aromatic heterocycles. The molecule has 0 atom stereocenters. The van der Waals surface area contributed by atoms with Crippen LogP contribution < -0.4 is 10.6 Å². The quantitative estimate of drug-likeness (QED) is 0.790. The van der Waals surface area contributed by atoms with E-state index in [1.165, 1.54) is 12.1 Å². The fourth-order valence-corrected chi connectivity index (χ4v) is 1.43. The molecule has 1 rings (SSSR count). The van der Waals surface area contributed by atoms with Gasteiger partial charge in [-0.3, -0.25) is 0 Å². The average molecular weight is 234 g/mol. The van der Waals surface area contributed by atoms with Crippen molar-refractivity contribution in [1.82, 2.24) is 4.98 Å². The lowest BCUT2D eigenvalue weighted by Gasteiger charge is -2.22. The highest BCUT2D eigenvalue weighted by atomic mass is 16.4. The number of carbonyl (C=O) groups is 1. The Morgan fingerprint density at radius 1 is 1.65 bits per heavy atom. The number of anilines is 2. The number of nitrogens with two attached hydrogens (primary N) is 1. The number of aromatic nitrogens is 1. The Kier molecular flexibility index (Phi) is 4.29. The number of pyridine rings is 1. The molecule has 0 aliphatic heterocycles. The minimum atomic E-state index is -1.09. The summed E-state index contributed by atoms with van der Waals surface area (Å²) >= 11 is 0. The Hall–Kier alpha value is -2.29. The van der Waals surface area contributed by atoms with Crippen LogP contribution in [0, 0.1) is 11.3 Å². The summed E-state index contributed by atoms with van der Waals surface area (Å²) in [4.78, 5) is 16.6. The maximum absolute atomic E-state index is 10.8. The first kappa shape index (κ1) is 12.8. The fraction of sp³-hybridized carbons (Fsp3) is 0.364. The summed E-state index contributed by atoms with van der Waals surface area (Å²) in [5, 5.41) is 17.4. The highest BCUT2D eigenvalue weighted by Crippen LogP contribution is 2.20. The lowest BCUT2D eigenvalue weighted by atomic mass is 10.3. The van der Waals surface area contributed by atoms with Crippen molar-refractivity contribution in [3.63, 3.8) is 0 Å². The van der Waals surface area contributed by atoms with E-state index in [2.05, 4.69) is 4.98 Å². The summed E-state index contributed by atoms with van der Waals surface area (Å²) in [6.45, 7) is 2.99. The number of carboxylic acid groups (broad SMARTS) is 1. The molecule has 1 aromatic rings. The zero-order chi connectivity index (χ0) is 12.8. The third kappa shape index (κ3) is 3.08. The Labute approximate surface area is 99.3 Å². The molecular formula is C11H14N4O2. The molecular weight excluding hydrogens is 220 g/mol. The van der Waals surface area contributed by atoms with Crippen LogP contribution in [-0.2, 0) is 0 Å². The molecule has 0 aliphatic rings. The first-order valence-corrected chi connectivity index (χ1v) is 5.21. The summed E-state index contributed by atoms with van der Waals surface area (Å²) in [5.41, 5.74) is 6.12. The van der Waals surface area contributed by atoms with Crippen LogP contribution in [0.2, 0.25) is 0 Å². The van der Waals surface area contributed by atoms with Gasteiger partial charge in [-0.15, -0.1) is 0 Å². The summed E-state index contributed by atoms with van der Waals surface area (Å²) < 4.78 is 0. The predicted molar refractivity (Wildman–Crippen MR) is 63.7 cm³/mol. The van der Waals surface area contributed by atoms with Gasteiger partial charge in [0.1, 0.15) is 0 Å². The van der Waals surface area contributed by atoms with Gasteiger partial charge < -0.3 is 15.7 Å². The third-order valence-corrected chi connectivity index (χ3v) is 2.30. The van der Waals surface area contributed by atoms with Gasteiger partial charge in [0.15, 0.2) is 11.5 Å². The lowest BCUT2D eigenvalue weighted by Crippen LogP contribution is -2.26. The number of nitrogen functional groups attached to an aromatic ring is 1. The number of hydrogen-bond acceptors (Lipinski definition) is 5. The van der Waals surface area contributed by atoms with Gasteiger partial charge in [-0.2, -0.15) is 5.26 Å². The van der Waals surface area contributed by atoms with E-state index in [0.29, 0.717) is 31.0 Å². The molecule has 0 unspecified atom stereocenters. The first-order valence-electron chi connectivity index (χ1n) is 5.21. The van der Waals surface area contributed by atoms with Crippen LogP contribution in [-0.4, -0.2) is 29.1 Å². The molecule has 0 fully saturated rings. The SMILES string of the molecule is CCN(CCC#N)c1nc(C(=O)O)ccc1N. The van der Waals surface area contributed by atoms with E-state index in [4.69, 9.17) is 16.1 Å². The van der Waals surface area contributed by atoms with Gasteiger partial charge in [-0.1, -0.05) is 0 Å². The summed E-state index contributed by atoms with van der Waals surface area (Å²) in [5.74, 6) is -0.676. The van der Waals surface area contributed by atoms with Crippen molar-refractivity contribution in [2.75, 3.05) is 23.7 Å². The normalized spacial score (nSPS) is 9.65. The molecule has 0 saturated carbocycles. The van der Waals surface area contributed by atoms with E-state index < -0.39 is 5.97 Å². The summed E-state index contributed by atoms with van der Waals surface area (Å²) in [6, 6.07) is 4.91. The first-order chi connectivity index (χ1) is 8.10. The molecule has 6 heteroatoms. The lowest BCUT2D eigenvalue weighted by molar-refractivity contribution is 0.0690. The van der Waals surface area contributed by atoms with E-state index in [9.17, 15) is 4.79 Å². The molecule has 0 spiro atoms. The number of nitriles is 1. The molecule has 0 amide bonds. The zero-order valence-corrected chi connectivity index (χ0v) is 9.55. The highest BCUT2D eigenvalue weighted by molar-refractivity contribution is 5.86.